The SMILES string of the molecule is CC1CCCCC1NS(=O)(=O)C1CCNC1. The van der Waals surface area contributed by atoms with Crippen molar-refractivity contribution >= 4 is 10.0 Å². The standard InChI is InChI=1S/C11H22N2O2S/c1-9-4-2-3-5-11(9)13-16(14,15)10-6-7-12-8-10/h9-13H,2-8H2,1H3. The lowest BCUT2D eigenvalue weighted by molar-refractivity contribution is 0.310. The molecule has 0 aromatic carbocycles. The van der Waals surface area contributed by atoms with Crippen LogP contribution in [0.2, 0.25) is 0 Å². The van der Waals surface area contributed by atoms with E-state index < -0.39 is 10.0 Å². The molecule has 4 nitrogen and oxygen atoms in total. The van der Waals surface area contributed by atoms with Crippen molar-refractivity contribution in [1.29, 1.82) is 0 Å². The quantitative estimate of drug-likeness (QED) is 0.776. The van der Waals surface area contributed by atoms with Gasteiger partial charge >= 0.3 is 0 Å². The molecule has 3 unspecified atom stereocenters. The van der Waals surface area contributed by atoms with Crippen molar-refractivity contribution in [3.05, 3.63) is 0 Å². The van der Waals surface area contributed by atoms with Crippen molar-refractivity contribution < 1.29 is 8.42 Å². The van der Waals surface area contributed by atoms with E-state index in [0.717, 1.165) is 32.2 Å². The van der Waals surface area contributed by atoms with Crippen LogP contribution in [-0.2, 0) is 10.0 Å². The number of sulfonamides is 1. The van der Waals surface area contributed by atoms with Crippen LogP contribution in [0.5, 0.6) is 0 Å². The maximum atomic E-state index is 12.1. The molecule has 0 aromatic rings. The van der Waals surface area contributed by atoms with E-state index in [1.807, 2.05) is 0 Å². The van der Waals surface area contributed by atoms with Gasteiger partial charge in [0.25, 0.3) is 0 Å². The summed E-state index contributed by atoms with van der Waals surface area (Å²) in [6.45, 7) is 3.58. The molecule has 3 atom stereocenters. The van der Waals surface area contributed by atoms with Crippen LogP contribution < -0.4 is 10.0 Å². The molecule has 1 heterocycles. The molecule has 16 heavy (non-hydrogen) atoms. The highest BCUT2D eigenvalue weighted by atomic mass is 32.2. The van der Waals surface area contributed by atoms with E-state index in [2.05, 4.69) is 17.0 Å². The van der Waals surface area contributed by atoms with Crippen molar-refractivity contribution in [2.75, 3.05) is 13.1 Å². The average molecular weight is 246 g/mol. The summed E-state index contributed by atoms with van der Waals surface area (Å²) >= 11 is 0. The van der Waals surface area contributed by atoms with E-state index in [1.54, 1.807) is 0 Å². The van der Waals surface area contributed by atoms with Crippen LogP contribution in [0.15, 0.2) is 0 Å². The molecular formula is C11H22N2O2S. The van der Waals surface area contributed by atoms with Crippen LogP contribution >= 0.6 is 0 Å². The second kappa shape index (κ2) is 5.02. The van der Waals surface area contributed by atoms with E-state index >= 15 is 0 Å². The summed E-state index contributed by atoms with van der Waals surface area (Å²) < 4.78 is 27.1. The third kappa shape index (κ3) is 2.76. The van der Waals surface area contributed by atoms with Crippen molar-refractivity contribution in [1.82, 2.24) is 10.0 Å². The maximum Gasteiger partial charge on any atom is 0.216 e. The van der Waals surface area contributed by atoms with Crippen molar-refractivity contribution in [3.63, 3.8) is 0 Å². The van der Waals surface area contributed by atoms with Crippen LogP contribution in [0.3, 0.4) is 0 Å². The minimum absolute atomic E-state index is 0.166. The monoisotopic (exact) mass is 246 g/mol. The van der Waals surface area contributed by atoms with E-state index in [4.69, 9.17) is 0 Å². The fourth-order valence-electron chi connectivity index (χ4n) is 2.69. The molecule has 0 bridgehead atoms. The molecule has 1 saturated carbocycles. The van der Waals surface area contributed by atoms with Gasteiger partial charge in [0.2, 0.25) is 10.0 Å². The first-order chi connectivity index (χ1) is 7.59. The lowest BCUT2D eigenvalue weighted by Gasteiger charge is -2.30. The molecule has 0 aromatic heterocycles. The van der Waals surface area contributed by atoms with Gasteiger partial charge in [-0.15, -0.1) is 0 Å². The predicted molar refractivity (Wildman–Crippen MR) is 64.8 cm³/mol. The molecule has 1 saturated heterocycles. The second-order valence-electron chi connectivity index (χ2n) is 5.15. The summed E-state index contributed by atoms with van der Waals surface area (Å²) in [6, 6.07) is 0.166. The van der Waals surface area contributed by atoms with Crippen LogP contribution in [-0.4, -0.2) is 32.8 Å². The first kappa shape index (κ1) is 12.3. The summed E-state index contributed by atoms with van der Waals surface area (Å²) in [7, 11) is -3.11. The topological polar surface area (TPSA) is 58.2 Å². The lowest BCUT2D eigenvalue weighted by atomic mass is 9.87. The molecule has 94 valence electrons. The zero-order chi connectivity index (χ0) is 11.6. The summed E-state index contributed by atoms with van der Waals surface area (Å²) in [5, 5.41) is 2.89. The fourth-order valence-corrected chi connectivity index (χ4v) is 4.42. The van der Waals surface area contributed by atoms with Crippen LogP contribution in [0.1, 0.15) is 39.0 Å². The third-order valence-corrected chi connectivity index (χ3v) is 5.79. The Labute approximate surface area is 98.2 Å². The Kier molecular flexibility index (Phi) is 3.87. The summed E-state index contributed by atoms with van der Waals surface area (Å²) in [5.74, 6) is 0.484. The van der Waals surface area contributed by atoms with Gasteiger partial charge in [-0.25, -0.2) is 13.1 Å². The number of hydrogen-bond donors (Lipinski definition) is 2. The number of rotatable bonds is 3. The van der Waals surface area contributed by atoms with Crippen LogP contribution in [0.25, 0.3) is 0 Å². The number of hydrogen-bond acceptors (Lipinski definition) is 3. The normalized spacial score (nSPS) is 36.4. The van der Waals surface area contributed by atoms with E-state index in [-0.39, 0.29) is 11.3 Å². The average Bonchev–Trinajstić information content (AvgIpc) is 2.75. The molecule has 0 spiro atoms. The van der Waals surface area contributed by atoms with Gasteiger partial charge < -0.3 is 5.32 Å². The fraction of sp³-hybridized carbons (Fsp3) is 1.00. The molecular weight excluding hydrogens is 224 g/mol. The van der Waals surface area contributed by atoms with Gasteiger partial charge in [-0.2, -0.15) is 0 Å². The first-order valence-electron chi connectivity index (χ1n) is 6.31. The summed E-state index contributed by atoms with van der Waals surface area (Å²) in [4.78, 5) is 0. The molecule has 0 radical (unpaired) electrons. The Balaban J connectivity index is 1.96. The van der Waals surface area contributed by atoms with Crippen LogP contribution in [0.4, 0.5) is 0 Å². The zero-order valence-corrected chi connectivity index (χ0v) is 10.7. The lowest BCUT2D eigenvalue weighted by Crippen LogP contribution is -2.45. The smallest absolute Gasteiger partial charge is 0.216 e. The van der Waals surface area contributed by atoms with Gasteiger partial charge in [-0.05, 0) is 31.7 Å². The Morgan fingerprint density at radius 3 is 2.56 bits per heavy atom. The molecule has 1 aliphatic carbocycles. The molecule has 2 fully saturated rings. The maximum absolute atomic E-state index is 12.1. The molecule has 0 amide bonds. The van der Waals surface area contributed by atoms with Crippen LogP contribution in [0, 0.1) is 5.92 Å². The minimum atomic E-state index is -3.11. The highest BCUT2D eigenvalue weighted by molar-refractivity contribution is 7.90. The van der Waals surface area contributed by atoms with Gasteiger partial charge in [0.1, 0.15) is 0 Å². The predicted octanol–water partition coefficient (Wildman–Crippen LogP) is 0.846. The number of nitrogens with one attached hydrogen (secondary N) is 2. The van der Waals surface area contributed by atoms with Gasteiger partial charge in [0.15, 0.2) is 0 Å². The van der Waals surface area contributed by atoms with Crippen molar-refractivity contribution in [3.8, 4) is 0 Å². The molecule has 5 heteroatoms. The Bertz CT molecular complexity index is 323. The Morgan fingerprint density at radius 2 is 1.94 bits per heavy atom. The molecule has 2 N–H and O–H groups in total. The third-order valence-electron chi connectivity index (χ3n) is 3.88. The van der Waals surface area contributed by atoms with E-state index in [0.29, 0.717) is 12.5 Å². The highest BCUT2D eigenvalue weighted by Crippen LogP contribution is 2.25. The minimum Gasteiger partial charge on any atom is -0.315 e. The Morgan fingerprint density at radius 1 is 1.19 bits per heavy atom. The van der Waals surface area contributed by atoms with Crippen molar-refractivity contribution in [2.45, 2.75) is 50.3 Å². The van der Waals surface area contributed by atoms with Gasteiger partial charge in [0.05, 0.1) is 5.25 Å². The molecule has 2 aliphatic rings. The highest BCUT2D eigenvalue weighted by Gasteiger charge is 2.32. The van der Waals surface area contributed by atoms with E-state index in [1.165, 1.54) is 6.42 Å². The summed E-state index contributed by atoms with van der Waals surface area (Å²) in [6.07, 6.45) is 5.29. The zero-order valence-electron chi connectivity index (χ0n) is 9.91. The second-order valence-corrected chi connectivity index (χ2v) is 7.14. The molecule has 1 aliphatic heterocycles. The first-order valence-corrected chi connectivity index (χ1v) is 7.86. The largest absolute Gasteiger partial charge is 0.315 e. The van der Waals surface area contributed by atoms with Crippen molar-refractivity contribution in [2.24, 2.45) is 5.92 Å². The summed E-state index contributed by atoms with van der Waals surface area (Å²) in [5.41, 5.74) is 0. The van der Waals surface area contributed by atoms with Gasteiger partial charge in [0, 0.05) is 12.6 Å². The Hall–Kier alpha value is -0.130. The van der Waals surface area contributed by atoms with Gasteiger partial charge in [-0.1, -0.05) is 19.8 Å². The van der Waals surface area contributed by atoms with Gasteiger partial charge in [-0.3, -0.25) is 0 Å². The van der Waals surface area contributed by atoms with E-state index in [9.17, 15) is 8.42 Å². The molecule has 2 rings (SSSR count).